The third-order valence-corrected chi connectivity index (χ3v) is 3.47. The standard InChI is InChI=1S/C20H26O2/c1-16(2)22-17(3)13-14-21-20-11-9-19(10-12-20)15-18-7-5-4-6-8-18/h4-12,16-17H,13-15H2,1-3H3. The average Bonchev–Trinajstić information content (AvgIpc) is 2.49. The highest BCUT2D eigenvalue weighted by molar-refractivity contribution is 5.31. The Morgan fingerprint density at radius 2 is 1.45 bits per heavy atom. The monoisotopic (exact) mass is 298 g/mol. The van der Waals surface area contributed by atoms with E-state index in [1.165, 1.54) is 11.1 Å². The van der Waals surface area contributed by atoms with Crippen LogP contribution in [0, 0.1) is 0 Å². The van der Waals surface area contributed by atoms with Crippen LogP contribution in [0.2, 0.25) is 0 Å². The lowest BCUT2D eigenvalue weighted by Crippen LogP contribution is -2.17. The molecule has 0 amide bonds. The number of rotatable bonds is 8. The Morgan fingerprint density at radius 3 is 2.09 bits per heavy atom. The van der Waals surface area contributed by atoms with Gasteiger partial charge in [-0.05, 0) is 50.5 Å². The van der Waals surface area contributed by atoms with Gasteiger partial charge in [-0.15, -0.1) is 0 Å². The first-order chi connectivity index (χ1) is 10.6. The van der Waals surface area contributed by atoms with Crippen LogP contribution in [-0.2, 0) is 11.2 Å². The van der Waals surface area contributed by atoms with Crippen LogP contribution in [0.1, 0.15) is 38.3 Å². The van der Waals surface area contributed by atoms with Gasteiger partial charge in [-0.2, -0.15) is 0 Å². The van der Waals surface area contributed by atoms with Crippen LogP contribution in [0.5, 0.6) is 5.75 Å². The zero-order chi connectivity index (χ0) is 15.8. The van der Waals surface area contributed by atoms with E-state index < -0.39 is 0 Å². The van der Waals surface area contributed by atoms with Crippen LogP contribution in [0.25, 0.3) is 0 Å². The van der Waals surface area contributed by atoms with Gasteiger partial charge in [0.15, 0.2) is 0 Å². The maximum Gasteiger partial charge on any atom is 0.119 e. The molecule has 118 valence electrons. The zero-order valence-electron chi connectivity index (χ0n) is 13.8. The number of hydrogen-bond acceptors (Lipinski definition) is 2. The highest BCUT2D eigenvalue weighted by atomic mass is 16.5. The highest BCUT2D eigenvalue weighted by Crippen LogP contribution is 2.16. The fourth-order valence-electron chi connectivity index (χ4n) is 2.41. The van der Waals surface area contributed by atoms with Gasteiger partial charge in [-0.25, -0.2) is 0 Å². The molecule has 2 rings (SSSR count). The molecule has 0 N–H and O–H groups in total. The van der Waals surface area contributed by atoms with Gasteiger partial charge in [0.1, 0.15) is 5.75 Å². The van der Waals surface area contributed by atoms with E-state index in [4.69, 9.17) is 9.47 Å². The third-order valence-electron chi connectivity index (χ3n) is 3.47. The first-order valence-corrected chi connectivity index (χ1v) is 8.04. The number of benzene rings is 2. The molecule has 0 aliphatic rings. The Bertz CT molecular complexity index is 531. The Labute approximate surface area is 134 Å². The molecule has 0 heterocycles. The summed E-state index contributed by atoms with van der Waals surface area (Å²) in [7, 11) is 0. The summed E-state index contributed by atoms with van der Waals surface area (Å²) in [4.78, 5) is 0. The molecule has 0 aromatic heterocycles. The second kappa shape index (κ2) is 8.60. The zero-order valence-corrected chi connectivity index (χ0v) is 13.8. The molecule has 0 fully saturated rings. The largest absolute Gasteiger partial charge is 0.493 e. The van der Waals surface area contributed by atoms with Crippen LogP contribution < -0.4 is 4.74 Å². The second-order valence-electron chi connectivity index (χ2n) is 5.94. The summed E-state index contributed by atoms with van der Waals surface area (Å²) in [5, 5.41) is 0. The Balaban J connectivity index is 1.77. The van der Waals surface area contributed by atoms with Crippen LogP contribution in [-0.4, -0.2) is 18.8 Å². The minimum absolute atomic E-state index is 0.234. The van der Waals surface area contributed by atoms with Gasteiger partial charge in [-0.1, -0.05) is 42.5 Å². The summed E-state index contributed by atoms with van der Waals surface area (Å²) in [5.41, 5.74) is 2.63. The molecular formula is C20H26O2. The van der Waals surface area contributed by atoms with Gasteiger partial charge in [-0.3, -0.25) is 0 Å². The lowest BCUT2D eigenvalue weighted by molar-refractivity contribution is 0.00782. The van der Waals surface area contributed by atoms with Crippen molar-refractivity contribution >= 4 is 0 Å². The molecule has 2 nitrogen and oxygen atoms in total. The van der Waals surface area contributed by atoms with E-state index in [2.05, 4.69) is 57.2 Å². The maximum absolute atomic E-state index is 5.78. The van der Waals surface area contributed by atoms with Gasteiger partial charge >= 0.3 is 0 Å². The van der Waals surface area contributed by atoms with Crippen molar-refractivity contribution < 1.29 is 9.47 Å². The predicted octanol–water partition coefficient (Wildman–Crippen LogP) is 4.86. The summed E-state index contributed by atoms with van der Waals surface area (Å²) in [6, 6.07) is 18.9. The summed E-state index contributed by atoms with van der Waals surface area (Å²) in [6.07, 6.45) is 2.37. The maximum atomic E-state index is 5.78. The van der Waals surface area contributed by atoms with Crippen LogP contribution in [0.4, 0.5) is 0 Å². The average molecular weight is 298 g/mol. The molecule has 1 atom stereocenters. The lowest BCUT2D eigenvalue weighted by atomic mass is 10.1. The van der Waals surface area contributed by atoms with E-state index in [1.54, 1.807) is 0 Å². The normalized spacial score (nSPS) is 12.4. The van der Waals surface area contributed by atoms with Crippen LogP contribution in [0.15, 0.2) is 54.6 Å². The van der Waals surface area contributed by atoms with E-state index in [0.29, 0.717) is 6.61 Å². The molecule has 2 aromatic carbocycles. The minimum Gasteiger partial charge on any atom is -0.493 e. The molecule has 0 bridgehead atoms. The molecule has 0 saturated carbocycles. The van der Waals surface area contributed by atoms with E-state index in [9.17, 15) is 0 Å². The molecule has 2 aromatic rings. The molecule has 0 spiro atoms. The molecular weight excluding hydrogens is 272 g/mol. The lowest BCUT2D eigenvalue weighted by Gasteiger charge is -2.16. The van der Waals surface area contributed by atoms with Gasteiger partial charge < -0.3 is 9.47 Å². The second-order valence-corrected chi connectivity index (χ2v) is 5.94. The molecule has 0 radical (unpaired) electrons. The first kappa shape index (κ1) is 16.6. The quantitative estimate of drug-likeness (QED) is 0.693. The Morgan fingerprint density at radius 1 is 0.818 bits per heavy atom. The molecule has 22 heavy (non-hydrogen) atoms. The van der Waals surface area contributed by atoms with Crippen molar-refractivity contribution in [2.24, 2.45) is 0 Å². The van der Waals surface area contributed by atoms with Crippen molar-refractivity contribution in [3.8, 4) is 5.75 Å². The summed E-state index contributed by atoms with van der Waals surface area (Å²) in [6.45, 7) is 6.89. The van der Waals surface area contributed by atoms with E-state index >= 15 is 0 Å². The topological polar surface area (TPSA) is 18.5 Å². The van der Waals surface area contributed by atoms with E-state index in [-0.39, 0.29) is 12.2 Å². The fourth-order valence-corrected chi connectivity index (χ4v) is 2.41. The SMILES string of the molecule is CC(C)OC(C)CCOc1ccc(Cc2ccccc2)cc1. The summed E-state index contributed by atoms with van der Waals surface area (Å²) < 4.78 is 11.5. The first-order valence-electron chi connectivity index (χ1n) is 8.04. The Hall–Kier alpha value is -1.80. The van der Waals surface area contributed by atoms with Crippen LogP contribution in [0.3, 0.4) is 0 Å². The number of ether oxygens (including phenoxy) is 2. The smallest absolute Gasteiger partial charge is 0.119 e. The van der Waals surface area contributed by atoms with Crippen molar-refractivity contribution in [1.82, 2.24) is 0 Å². The Kier molecular flexibility index (Phi) is 6.47. The van der Waals surface area contributed by atoms with Gasteiger partial charge in [0, 0.05) is 6.42 Å². The molecule has 2 heteroatoms. The van der Waals surface area contributed by atoms with Gasteiger partial charge in [0.25, 0.3) is 0 Å². The highest BCUT2D eigenvalue weighted by Gasteiger charge is 2.05. The van der Waals surface area contributed by atoms with Crippen LogP contribution >= 0.6 is 0 Å². The number of hydrogen-bond donors (Lipinski definition) is 0. The van der Waals surface area contributed by atoms with E-state index in [1.807, 2.05) is 18.2 Å². The van der Waals surface area contributed by atoms with E-state index in [0.717, 1.165) is 18.6 Å². The summed E-state index contributed by atoms with van der Waals surface area (Å²) >= 11 is 0. The van der Waals surface area contributed by atoms with Crippen molar-refractivity contribution in [1.29, 1.82) is 0 Å². The van der Waals surface area contributed by atoms with Crippen molar-refractivity contribution in [2.75, 3.05) is 6.61 Å². The molecule has 0 saturated heterocycles. The van der Waals surface area contributed by atoms with Crippen molar-refractivity contribution in [2.45, 2.75) is 45.8 Å². The van der Waals surface area contributed by atoms with Crippen molar-refractivity contribution in [3.05, 3.63) is 65.7 Å². The van der Waals surface area contributed by atoms with Gasteiger partial charge in [0.05, 0.1) is 18.8 Å². The summed E-state index contributed by atoms with van der Waals surface area (Å²) in [5.74, 6) is 0.925. The third kappa shape index (κ3) is 5.90. The molecule has 1 unspecified atom stereocenters. The fraction of sp³-hybridized carbons (Fsp3) is 0.400. The molecule has 0 aliphatic heterocycles. The molecule has 0 aliphatic carbocycles. The minimum atomic E-state index is 0.234. The van der Waals surface area contributed by atoms with Gasteiger partial charge in [0.2, 0.25) is 0 Å². The van der Waals surface area contributed by atoms with Crippen molar-refractivity contribution in [3.63, 3.8) is 0 Å². The predicted molar refractivity (Wildman–Crippen MR) is 91.5 cm³/mol.